The molecule has 0 aliphatic rings. The van der Waals surface area contributed by atoms with Gasteiger partial charge in [-0.1, -0.05) is 63.2 Å². The van der Waals surface area contributed by atoms with Crippen LogP contribution in [0, 0.1) is 0 Å². The van der Waals surface area contributed by atoms with Crippen LogP contribution in [0.4, 0.5) is 0 Å². The third-order valence-corrected chi connectivity index (χ3v) is 5.32. The number of esters is 1. The molecule has 3 aromatic rings. The first-order chi connectivity index (χ1) is 14.0. The predicted octanol–water partition coefficient (Wildman–Crippen LogP) is 6.21. The molecule has 0 amide bonds. The molecule has 150 valence electrons. The van der Waals surface area contributed by atoms with Crippen molar-refractivity contribution in [3.63, 3.8) is 0 Å². The van der Waals surface area contributed by atoms with Gasteiger partial charge < -0.3 is 9.47 Å². The van der Waals surface area contributed by atoms with Gasteiger partial charge in [0.25, 0.3) is 0 Å². The Bertz CT molecular complexity index is 910. The lowest BCUT2D eigenvalue weighted by Gasteiger charge is -2.23. The van der Waals surface area contributed by atoms with Gasteiger partial charge in [0, 0.05) is 6.42 Å². The number of carbonyl (C=O) groups excluding carboxylic acids is 1. The van der Waals surface area contributed by atoms with Crippen molar-refractivity contribution in [2.24, 2.45) is 0 Å². The highest BCUT2D eigenvalue weighted by Gasteiger charge is 2.18. The van der Waals surface area contributed by atoms with E-state index in [9.17, 15) is 4.79 Å². The van der Waals surface area contributed by atoms with E-state index in [1.807, 2.05) is 42.5 Å². The van der Waals surface area contributed by atoms with E-state index in [1.54, 1.807) is 24.3 Å². The van der Waals surface area contributed by atoms with Crippen LogP contribution in [0.2, 0.25) is 0 Å². The number of benzene rings is 3. The molecule has 0 spiro atoms. The molecule has 3 heteroatoms. The third kappa shape index (κ3) is 5.71. The quantitative estimate of drug-likeness (QED) is 0.340. The van der Waals surface area contributed by atoms with Crippen molar-refractivity contribution in [3.8, 4) is 11.5 Å². The fourth-order valence-electron chi connectivity index (χ4n) is 2.96. The molecular formula is C26H28O3. The van der Waals surface area contributed by atoms with Gasteiger partial charge in [0.2, 0.25) is 0 Å². The summed E-state index contributed by atoms with van der Waals surface area (Å²) < 4.78 is 11.3. The van der Waals surface area contributed by atoms with E-state index < -0.39 is 0 Å². The predicted molar refractivity (Wildman–Crippen MR) is 117 cm³/mol. The zero-order chi connectivity index (χ0) is 20.7. The fraction of sp³-hybridized carbons (Fsp3) is 0.269. The van der Waals surface area contributed by atoms with Crippen molar-refractivity contribution < 1.29 is 14.3 Å². The van der Waals surface area contributed by atoms with Gasteiger partial charge in [0.05, 0.1) is 12.2 Å². The average Bonchev–Trinajstić information content (AvgIpc) is 2.75. The van der Waals surface area contributed by atoms with Crippen LogP contribution in [0.5, 0.6) is 11.5 Å². The van der Waals surface area contributed by atoms with Crippen molar-refractivity contribution in [2.45, 2.75) is 39.0 Å². The molecule has 0 aliphatic heterocycles. The number of rotatable bonds is 8. The minimum Gasteiger partial charge on any atom is -0.493 e. The molecule has 0 N–H and O–H groups in total. The first kappa shape index (κ1) is 20.7. The first-order valence-electron chi connectivity index (χ1n) is 10.1. The van der Waals surface area contributed by atoms with Gasteiger partial charge in [0.15, 0.2) is 0 Å². The molecule has 0 fully saturated rings. The van der Waals surface area contributed by atoms with E-state index in [4.69, 9.17) is 9.47 Å². The van der Waals surface area contributed by atoms with Crippen LogP contribution in [0.15, 0.2) is 78.9 Å². The minimum atomic E-state index is -0.372. The Morgan fingerprint density at radius 1 is 0.828 bits per heavy atom. The highest BCUT2D eigenvalue weighted by Crippen LogP contribution is 2.28. The molecule has 0 heterocycles. The lowest BCUT2D eigenvalue weighted by Crippen LogP contribution is -2.15. The molecule has 0 saturated heterocycles. The summed E-state index contributed by atoms with van der Waals surface area (Å²) in [7, 11) is 0. The van der Waals surface area contributed by atoms with Crippen LogP contribution in [0.3, 0.4) is 0 Å². The SMILES string of the molecule is CCC(C)(C)c1ccc(OC(=O)c2ccc(OCCc3ccccc3)cc2)cc1. The van der Waals surface area contributed by atoms with E-state index in [1.165, 1.54) is 11.1 Å². The Hall–Kier alpha value is -3.07. The van der Waals surface area contributed by atoms with Crippen LogP contribution >= 0.6 is 0 Å². The Labute approximate surface area is 173 Å². The molecule has 0 aliphatic carbocycles. The molecule has 3 rings (SSSR count). The van der Waals surface area contributed by atoms with Gasteiger partial charge in [-0.05, 0) is 59.4 Å². The average molecular weight is 389 g/mol. The third-order valence-electron chi connectivity index (χ3n) is 5.32. The van der Waals surface area contributed by atoms with Crippen LogP contribution < -0.4 is 9.47 Å². The monoisotopic (exact) mass is 388 g/mol. The molecule has 0 saturated carbocycles. The number of hydrogen-bond donors (Lipinski definition) is 0. The maximum absolute atomic E-state index is 12.4. The van der Waals surface area contributed by atoms with Crippen molar-refractivity contribution in [1.29, 1.82) is 0 Å². The fourth-order valence-corrected chi connectivity index (χ4v) is 2.96. The second-order valence-corrected chi connectivity index (χ2v) is 7.76. The highest BCUT2D eigenvalue weighted by molar-refractivity contribution is 5.91. The maximum atomic E-state index is 12.4. The van der Waals surface area contributed by atoms with Crippen LogP contribution in [0.1, 0.15) is 48.7 Å². The van der Waals surface area contributed by atoms with Crippen molar-refractivity contribution in [1.82, 2.24) is 0 Å². The lowest BCUT2D eigenvalue weighted by molar-refractivity contribution is 0.0734. The van der Waals surface area contributed by atoms with Crippen molar-refractivity contribution in [2.75, 3.05) is 6.61 Å². The summed E-state index contributed by atoms with van der Waals surface area (Å²) in [5.41, 5.74) is 3.08. The van der Waals surface area contributed by atoms with Crippen LogP contribution in [0.25, 0.3) is 0 Å². The Morgan fingerprint density at radius 2 is 1.45 bits per heavy atom. The molecule has 3 aromatic carbocycles. The van der Waals surface area contributed by atoms with Gasteiger partial charge in [-0.3, -0.25) is 0 Å². The van der Waals surface area contributed by atoms with Gasteiger partial charge in [-0.25, -0.2) is 4.79 Å². The standard InChI is InChI=1S/C26H28O3/c1-4-26(2,3)22-12-16-24(17-13-22)29-25(27)21-10-14-23(15-11-21)28-19-18-20-8-6-5-7-9-20/h5-17H,4,18-19H2,1-3H3. The van der Waals surface area contributed by atoms with Gasteiger partial charge >= 0.3 is 5.97 Å². The molecular weight excluding hydrogens is 360 g/mol. The molecule has 3 nitrogen and oxygen atoms in total. The zero-order valence-electron chi connectivity index (χ0n) is 17.4. The van der Waals surface area contributed by atoms with Crippen LogP contribution in [-0.4, -0.2) is 12.6 Å². The smallest absolute Gasteiger partial charge is 0.343 e. The summed E-state index contributed by atoms with van der Waals surface area (Å²) in [5, 5.41) is 0. The summed E-state index contributed by atoms with van der Waals surface area (Å²) in [6.07, 6.45) is 1.89. The Kier molecular flexibility index (Phi) is 6.71. The largest absolute Gasteiger partial charge is 0.493 e. The van der Waals surface area contributed by atoms with E-state index in [-0.39, 0.29) is 11.4 Å². The summed E-state index contributed by atoms with van der Waals surface area (Å²) in [5.74, 6) is 0.917. The second-order valence-electron chi connectivity index (χ2n) is 7.76. The van der Waals surface area contributed by atoms with E-state index in [0.29, 0.717) is 17.9 Å². The topological polar surface area (TPSA) is 35.5 Å². The van der Waals surface area contributed by atoms with Gasteiger partial charge in [-0.15, -0.1) is 0 Å². The molecule has 0 atom stereocenters. The second kappa shape index (κ2) is 9.42. The number of carbonyl (C=O) groups is 1. The summed E-state index contributed by atoms with van der Waals surface area (Å²) in [6.45, 7) is 7.17. The Morgan fingerprint density at radius 3 is 2.07 bits per heavy atom. The van der Waals surface area contributed by atoms with Crippen LogP contribution in [-0.2, 0) is 11.8 Å². The summed E-state index contributed by atoms with van der Waals surface area (Å²) in [4.78, 5) is 12.4. The zero-order valence-corrected chi connectivity index (χ0v) is 17.4. The minimum absolute atomic E-state index is 0.110. The molecule has 0 aromatic heterocycles. The first-order valence-corrected chi connectivity index (χ1v) is 10.1. The van der Waals surface area contributed by atoms with Gasteiger partial charge in [-0.2, -0.15) is 0 Å². The number of ether oxygens (including phenoxy) is 2. The Balaban J connectivity index is 1.53. The van der Waals surface area contributed by atoms with Crippen molar-refractivity contribution >= 4 is 5.97 Å². The van der Waals surface area contributed by atoms with Gasteiger partial charge in [0.1, 0.15) is 11.5 Å². The highest BCUT2D eigenvalue weighted by atomic mass is 16.5. The van der Waals surface area contributed by atoms with Crippen molar-refractivity contribution in [3.05, 3.63) is 95.6 Å². The molecule has 0 bridgehead atoms. The molecule has 0 radical (unpaired) electrons. The van der Waals surface area contributed by atoms with E-state index in [0.717, 1.165) is 18.6 Å². The van der Waals surface area contributed by atoms with E-state index in [2.05, 4.69) is 32.9 Å². The normalized spacial score (nSPS) is 11.1. The summed E-state index contributed by atoms with van der Waals surface area (Å²) >= 11 is 0. The van der Waals surface area contributed by atoms with E-state index >= 15 is 0 Å². The number of hydrogen-bond acceptors (Lipinski definition) is 3. The maximum Gasteiger partial charge on any atom is 0.343 e. The molecule has 29 heavy (non-hydrogen) atoms. The summed E-state index contributed by atoms with van der Waals surface area (Å²) in [6, 6.07) is 25.0. The lowest BCUT2D eigenvalue weighted by atomic mass is 9.82. The molecule has 0 unspecified atom stereocenters.